The van der Waals surface area contributed by atoms with Gasteiger partial charge in [-0.15, -0.1) is 0 Å². The number of nitrogens with two attached hydrogens (primary N) is 1. The van der Waals surface area contributed by atoms with Crippen LogP contribution >= 0.6 is 0 Å². The molecule has 4 atom stereocenters. The minimum atomic E-state index is -0.610. The SMILES string of the molecule is NOc1ccc(C2CC2)c(C2C(=O)C3C4C=CC(C4)C3C2=O)c1. The third-order valence-electron chi connectivity index (χ3n) is 6.21. The van der Waals surface area contributed by atoms with Gasteiger partial charge < -0.3 is 4.84 Å². The van der Waals surface area contributed by atoms with Crippen LogP contribution in [0.2, 0.25) is 0 Å². The molecule has 4 aliphatic carbocycles. The monoisotopic (exact) mass is 309 g/mol. The number of fused-ring (bicyclic) bond motifs is 5. The van der Waals surface area contributed by atoms with E-state index in [1.54, 1.807) is 0 Å². The zero-order valence-corrected chi connectivity index (χ0v) is 12.8. The van der Waals surface area contributed by atoms with Gasteiger partial charge in [0.15, 0.2) is 11.6 Å². The Morgan fingerprint density at radius 2 is 1.61 bits per heavy atom. The summed E-state index contributed by atoms with van der Waals surface area (Å²) in [7, 11) is 0. The van der Waals surface area contributed by atoms with Crippen LogP contribution in [-0.2, 0) is 9.59 Å². The summed E-state index contributed by atoms with van der Waals surface area (Å²) >= 11 is 0. The average Bonchev–Trinajstić information content (AvgIpc) is 3.11. The Kier molecular flexibility index (Phi) is 2.66. The first kappa shape index (κ1) is 13.5. The van der Waals surface area contributed by atoms with Gasteiger partial charge in [0.05, 0.1) is 0 Å². The Hall–Kier alpha value is -1.94. The molecule has 0 radical (unpaired) electrons. The first-order valence-corrected chi connectivity index (χ1v) is 8.45. The van der Waals surface area contributed by atoms with Crippen molar-refractivity contribution in [2.75, 3.05) is 0 Å². The second-order valence-electron chi connectivity index (χ2n) is 7.42. The summed E-state index contributed by atoms with van der Waals surface area (Å²) < 4.78 is 0. The number of Topliss-reactive ketones (excluding diaryl/α,β-unsaturated/α-hetero) is 2. The highest BCUT2D eigenvalue weighted by Crippen LogP contribution is 2.57. The van der Waals surface area contributed by atoms with Crippen LogP contribution in [0.15, 0.2) is 30.4 Å². The van der Waals surface area contributed by atoms with Crippen molar-refractivity contribution in [2.45, 2.75) is 31.1 Å². The standard InChI is InChI=1S/C19H19NO3/c20-23-12-5-6-13(9-1-2-9)14(8-12)17-18(21)15-10-3-4-11(7-10)16(15)19(17)22/h3-6,8-11,15-17H,1-2,7,20H2. The molecule has 0 spiro atoms. The van der Waals surface area contributed by atoms with Gasteiger partial charge in [-0.2, -0.15) is 5.90 Å². The van der Waals surface area contributed by atoms with Gasteiger partial charge in [-0.25, -0.2) is 0 Å². The fourth-order valence-electron chi connectivity index (χ4n) is 5.07. The minimum Gasteiger partial charge on any atom is -0.412 e. The summed E-state index contributed by atoms with van der Waals surface area (Å²) in [6.45, 7) is 0. The third-order valence-corrected chi connectivity index (χ3v) is 6.21. The van der Waals surface area contributed by atoms with E-state index in [0.717, 1.165) is 30.4 Å². The summed E-state index contributed by atoms with van der Waals surface area (Å²) in [4.78, 5) is 31.0. The smallest absolute Gasteiger partial charge is 0.152 e. The second kappa shape index (κ2) is 4.54. The van der Waals surface area contributed by atoms with Crippen LogP contribution in [0.3, 0.4) is 0 Å². The van der Waals surface area contributed by atoms with Gasteiger partial charge in [0, 0.05) is 11.8 Å². The lowest BCUT2D eigenvalue weighted by Gasteiger charge is -2.16. The molecule has 4 aliphatic rings. The molecule has 3 saturated carbocycles. The van der Waals surface area contributed by atoms with Gasteiger partial charge in [-0.1, -0.05) is 18.2 Å². The van der Waals surface area contributed by atoms with Crippen LogP contribution in [-0.4, -0.2) is 11.6 Å². The number of hydrogen-bond acceptors (Lipinski definition) is 4. The third kappa shape index (κ3) is 1.75. The Morgan fingerprint density at radius 3 is 2.17 bits per heavy atom. The predicted octanol–water partition coefficient (Wildman–Crippen LogP) is 2.49. The van der Waals surface area contributed by atoms with E-state index in [-0.39, 0.29) is 35.2 Å². The number of allylic oxidation sites excluding steroid dienone is 2. The number of carbonyl (C=O) groups is 2. The highest BCUT2D eigenvalue weighted by molar-refractivity contribution is 6.17. The molecule has 1 aromatic carbocycles. The molecule has 0 saturated heterocycles. The summed E-state index contributed by atoms with van der Waals surface area (Å²) in [5, 5.41) is 0. The zero-order chi connectivity index (χ0) is 15.7. The largest absolute Gasteiger partial charge is 0.412 e. The van der Waals surface area contributed by atoms with Crippen LogP contribution in [0.25, 0.3) is 0 Å². The Labute approximate surface area is 134 Å². The second-order valence-corrected chi connectivity index (χ2v) is 7.42. The van der Waals surface area contributed by atoms with Gasteiger partial charge in [0.25, 0.3) is 0 Å². The fraction of sp³-hybridized carbons (Fsp3) is 0.474. The maximum absolute atomic E-state index is 13.1. The maximum atomic E-state index is 13.1. The van der Waals surface area contributed by atoms with E-state index in [4.69, 9.17) is 10.7 Å². The molecule has 23 heavy (non-hydrogen) atoms. The molecular formula is C19H19NO3. The van der Waals surface area contributed by atoms with Crippen LogP contribution in [0.5, 0.6) is 5.75 Å². The van der Waals surface area contributed by atoms with Crippen molar-refractivity contribution in [3.05, 3.63) is 41.5 Å². The van der Waals surface area contributed by atoms with E-state index in [1.807, 2.05) is 18.2 Å². The van der Waals surface area contributed by atoms with Crippen molar-refractivity contribution in [2.24, 2.45) is 29.6 Å². The first-order valence-electron chi connectivity index (χ1n) is 8.45. The summed E-state index contributed by atoms with van der Waals surface area (Å²) in [5.74, 6) is 6.25. The number of rotatable bonds is 3. The molecule has 2 N–H and O–H groups in total. The average molecular weight is 309 g/mol. The molecular weight excluding hydrogens is 290 g/mol. The Balaban J connectivity index is 1.60. The highest BCUT2D eigenvalue weighted by Gasteiger charge is 2.60. The van der Waals surface area contributed by atoms with Gasteiger partial charge in [-0.3, -0.25) is 9.59 Å². The molecule has 2 bridgehead atoms. The highest BCUT2D eigenvalue weighted by atomic mass is 16.6. The van der Waals surface area contributed by atoms with Crippen molar-refractivity contribution < 1.29 is 14.4 Å². The van der Waals surface area contributed by atoms with E-state index in [2.05, 4.69) is 12.2 Å². The van der Waals surface area contributed by atoms with Gasteiger partial charge in [0.1, 0.15) is 11.7 Å². The molecule has 0 aliphatic heterocycles. The van der Waals surface area contributed by atoms with Crippen molar-refractivity contribution in [3.8, 4) is 5.75 Å². The summed E-state index contributed by atoms with van der Waals surface area (Å²) in [6, 6.07) is 5.62. The first-order chi connectivity index (χ1) is 11.2. The molecule has 0 heterocycles. The van der Waals surface area contributed by atoms with E-state index in [0.29, 0.717) is 11.7 Å². The molecule has 4 unspecified atom stereocenters. The predicted molar refractivity (Wildman–Crippen MR) is 83.7 cm³/mol. The molecule has 4 nitrogen and oxygen atoms in total. The number of benzene rings is 1. The molecule has 3 fully saturated rings. The summed E-state index contributed by atoms with van der Waals surface area (Å²) in [5.41, 5.74) is 1.98. The lowest BCUT2D eigenvalue weighted by Crippen LogP contribution is -2.21. The van der Waals surface area contributed by atoms with Crippen molar-refractivity contribution >= 4 is 11.6 Å². The van der Waals surface area contributed by atoms with Gasteiger partial charge in [-0.05, 0) is 60.3 Å². The number of carbonyl (C=O) groups excluding carboxylic acids is 2. The molecule has 5 rings (SSSR count). The van der Waals surface area contributed by atoms with Crippen LogP contribution in [0.1, 0.15) is 42.2 Å². The Bertz CT molecular complexity index is 719. The molecule has 118 valence electrons. The van der Waals surface area contributed by atoms with Crippen molar-refractivity contribution in [3.63, 3.8) is 0 Å². The van der Waals surface area contributed by atoms with Crippen molar-refractivity contribution in [1.29, 1.82) is 0 Å². The lowest BCUT2D eigenvalue weighted by molar-refractivity contribution is -0.125. The van der Waals surface area contributed by atoms with E-state index >= 15 is 0 Å². The normalized spacial score (nSPS) is 37.5. The van der Waals surface area contributed by atoms with Crippen molar-refractivity contribution in [1.82, 2.24) is 0 Å². The fourth-order valence-corrected chi connectivity index (χ4v) is 5.07. The maximum Gasteiger partial charge on any atom is 0.152 e. The topological polar surface area (TPSA) is 69.4 Å². The van der Waals surface area contributed by atoms with E-state index < -0.39 is 5.92 Å². The van der Waals surface area contributed by atoms with E-state index in [9.17, 15) is 9.59 Å². The van der Waals surface area contributed by atoms with Crippen LogP contribution in [0.4, 0.5) is 0 Å². The zero-order valence-electron chi connectivity index (χ0n) is 12.8. The summed E-state index contributed by atoms with van der Waals surface area (Å²) in [6.07, 6.45) is 7.51. The molecule has 4 heteroatoms. The van der Waals surface area contributed by atoms with Gasteiger partial charge in [0.2, 0.25) is 0 Å². The van der Waals surface area contributed by atoms with Gasteiger partial charge >= 0.3 is 0 Å². The minimum absolute atomic E-state index is 0.1000. The van der Waals surface area contributed by atoms with E-state index in [1.165, 1.54) is 0 Å². The quantitative estimate of drug-likeness (QED) is 0.529. The molecule has 1 aromatic rings. The Morgan fingerprint density at radius 1 is 0.957 bits per heavy atom. The molecule has 0 amide bonds. The molecule has 0 aromatic heterocycles. The van der Waals surface area contributed by atoms with Crippen LogP contribution in [0, 0.1) is 23.7 Å². The number of ketones is 2. The van der Waals surface area contributed by atoms with Crippen LogP contribution < -0.4 is 10.7 Å². The number of hydrogen-bond donors (Lipinski definition) is 1. The lowest BCUT2D eigenvalue weighted by atomic mass is 9.85.